The highest BCUT2D eigenvalue weighted by atomic mass is 19.4. The average Bonchev–Trinajstić information content (AvgIpc) is 2.88. The molecule has 1 amide bonds. The third kappa shape index (κ3) is 3.93. The van der Waals surface area contributed by atoms with Crippen LogP contribution in [-0.4, -0.2) is 29.7 Å². The first-order chi connectivity index (χ1) is 11.5. The minimum Gasteiger partial charge on any atom is -0.444 e. The van der Waals surface area contributed by atoms with Crippen molar-refractivity contribution in [2.45, 2.75) is 57.7 Å². The first kappa shape index (κ1) is 18.1. The third-order valence-electron chi connectivity index (χ3n) is 5.12. The van der Waals surface area contributed by atoms with Gasteiger partial charge in [-0.25, -0.2) is 4.79 Å². The number of alkyl halides is 3. The zero-order valence-corrected chi connectivity index (χ0v) is 14.8. The molecule has 1 spiro atoms. The molecule has 1 unspecified atom stereocenters. The molecule has 1 saturated carbocycles. The van der Waals surface area contributed by atoms with Gasteiger partial charge in [-0.1, -0.05) is 12.1 Å². The summed E-state index contributed by atoms with van der Waals surface area (Å²) in [6, 6.07) is 5.51. The van der Waals surface area contributed by atoms with Gasteiger partial charge >= 0.3 is 12.3 Å². The molecule has 0 aromatic heterocycles. The van der Waals surface area contributed by atoms with Crippen molar-refractivity contribution in [3.63, 3.8) is 0 Å². The number of hydrogen-bond donors (Lipinski definition) is 0. The van der Waals surface area contributed by atoms with Crippen LogP contribution in [0.4, 0.5) is 18.0 Å². The van der Waals surface area contributed by atoms with E-state index in [1.165, 1.54) is 0 Å². The number of carbonyl (C=O) groups excluding carboxylic acids is 1. The van der Waals surface area contributed by atoms with Crippen molar-refractivity contribution in [2.75, 3.05) is 13.1 Å². The van der Waals surface area contributed by atoms with Gasteiger partial charge in [-0.05, 0) is 63.6 Å². The second kappa shape index (κ2) is 5.92. The van der Waals surface area contributed by atoms with Crippen LogP contribution in [0.2, 0.25) is 0 Å². The van der Waals surface area contributed by atoms with E-state index in [2.05, 4.69) is 0 Å². The largest absolute Gasteiger partial charge is 0.444 e. The Hall–Kier alpha value is -1.72. The maximum absolute atomic E-state index is 12.7. The van der Waals surface area contributed by atoms with E-state index in [-0.39, 0.29) is 17.4 Å². The average molecular weight is 355 g/mol. The lowest BCUT2D eigenvalue weighted by molar-refractivity contribution is -0.137. The van der Waals surface area contributed by atoms with Gasteiger partial charge in [0.05, 0.1) is 5.56 Å². The monoisotopic (exact) mass is 355 g/mol. The molecule has 0 N–H and O–H groups in total. The van der Waals surface area contributed by atoms with E-state index >= 15 is 0 Å². The number of rotatable bonds is 1. The van der Waals surface area contributed by atoms with Gasteiger partial charge in [-0.15, -0.1) is 0 Å². The van der Waals surface area contributed by atoms with Crippen molar-refractivity contribution < 1.29 is 22.7 Å². The second-order valence-corrected chi connectivity index (χ2v) is 8.40. The van der Waals surface area contributed by atoms with E-state index in [9.17, 15) is 18.0 Å². The van der Waals surface area contributed by atoms with E-state index < -0.39 is 17.3 Å². The molecular weight excluding hydrogens is 331 g/mol. The molecule has 1 heterocycles. The molecule has 2 aliphatic rings. The summed E-state index contributed by atoms with van der Waals surface area (Å²) >= 11 is 0. The fourth-order valence-corrected chi connectivity index (χ4v) is 3.94. The molecule has 3 rings (SSSR count). The van der Waals surface area contributed by atoms with Crippen LogP contribution >= 0.6 is 0 Å². The zero-order chi connectivity index (χ0) is 18.5. The van der Waals surface area contributed by atoms with Gasteiger partial charge in [-0.3, -0.25) is 0 Å². The number of ether oxygens (including phenoxy) is 1. The van der Waals surface area contributed by atoms with E-state index in [0.717, 1.165) is 37.0 Å². The number of benzene rings is 1. The molecule has 1 aromatic carbocycles. The van der Waals surface area contributed by atoms with Crippen LogP contribution < -0.4 is 0 Å². The second-order valence-electron chi connectivity index (χ2n) is 8.40. The minimum atomic E-state index is -4.29. The van der Waals surface area contributed by atoms with Gasteiger partial charge in [-0.2, -0.15) is 13.2 Å². The van der Waals surface area contributed by atoms with E-state index in [1.807, 2.05) is 20.8 Å². The Labute approximate surface area is 146 Å². The Bertz CT molecular complexity index is 640. The highest BCUT2D eigenvalue weighted by Gasteiger charge is 2.50. The van der Waals surface area contributed by atoms with Crippen molar-refractivity contribution in [1.29, 1.82) is 0 Å². The molecule has 0 bridgehead atoms. The molecule has 1 aliphatic heterocycles. The SMILES string of the molecule is CC(C)(C)OC(=O)N1CC2(CCC(c3ccc(C(F)(F)F)cc3)C2)C1. The molecule has 25 heavy (non-hydrogen) atoms. The van der Waals surface area contributed by atoms with E-state index in [4.69, 9.17) is 4.74 Å². The van der Waals surface area contributed by atoms with Crippen LogP contribution in [0.15, 0.2) is 24.3 Å². The van der Waals surface area contributed by atoms with Crippen LogP contribution in [0.5, 0.6) is 0 Å². The van der Waals surface area contributed by atoms with Gasteiger partial charge in [0.15, 0.2) is 0 Å². The molecule has 6 heteroatoms. The van der Waals surface area contributed by atoms with Crippen molar-refractivity contribution >= 4 is 6.09 Å². The Morgan fingerprint density at radius 2 is 1.76 bits per heavy atom. The smallest absolute Gasteiger partial charge is 0.416 e. The maximum Gasteiger partial charge on any atom is 0.416 e. The van der Waals surface area contributed by atoms with Crippen molar-refractivity contribution in [3.8, 4) is 0 Å². The Balaban J connectivity index is 1.57. The third-order valence-corrected chi connectivity index (χ3v) is 5.12. The Morgan fingerprint density at radius 3 is 2.28 bits per heavy atom. The summed E-state index contributed by atoms with van der Waals surface area (Å²) in [7, 11) is 0. The summed E-state index contributed by atoms with van der Waals surface area (Å²) in [4.78, 5) is 13.8. The number of hydrogen-bond acceptors (Lipinski definition) is 2. The quantitative estimate of drug-likeness (QED) is 0.692. The Kier molecular flexibility index (Phi) is 4.28. The summed E-state index contributed by atoms with van der Waals surface area (Å²) in [6.45, 7) is 6.89. The number of nitrogens with zero attached hydrogens (tertiary/aromatic N) is 1. The lowest BCUT2D eigenvalue weighted by Gasteiger charge is -2.48. The predicted molar refractivity (Wildman–Crippen MR) is 88.3 cm³/mol. The molecule has 1 aromatic rings. The predicted octanol–water partition coefficient (Wildman–Crippen LogP) is 5.21. The van der Waals surface area contributed by atoms with Crippen molar-refractivity contribution in [2.24, 2.45) is 5.41 Å². The van der Waals surface area contributed by atoms with Crippen LogP contribution in [0, 0.1) is 5.41 Å². The lowest BCUT2D eigenvalue weighted by atomic mass is 9.77. The van der Waals surface area contributed by atoms with Crippen LogP contribution in [-0.2, 0) is 10.9 Å². The highest BCUT2D eigenvalue weighted by Crippen LogP contribution is 2.52. The fourth-order valence-electron chi connectivity index (χ4n) is 3.94. The lowest BCUT2D eigenvalue weighted by Crippen LogP contribution is -2.58. The molecule has 1 atom stereocenters. The number of likely N-dealkylation sites (tertiary alicyclic amines) is 1. The number of carbonyl (C=O) groups is 1. The molecule has 2 fully saturated rings. The molecule has 1 saturated heterocycles. The standard InChI is InChI=1S/C19H24F3NO2/c1-17(2,3)25-16(24)23-11-18(12-23)9-8-14(10-18)13-4-6-15(7-5-13)19(20,21)22/h4-7,14H,8-12H2,1-3H3. The van der Waals surface area contributed by atoms with Crippen molar-refractivity contribution in [1.82, 2.24) is 4.90 Å². The number of halogens is 3. The molecular formula is C19H24F3NO2. The van der Waals surface area contributed by atoms with E-state index in [1.54, 1.807) is 17.0 Å². The maximum atomic E-state index is 12.7. The molecule has 0 radical (unpaired) electrons. The summed E-state index contributed by atoms with van der Waals surface area (Å²) < 4.78 is 43.4. The summed E-state index contributed by atoms with van der Waals surface area (Å²) in [5.74, 6) is 0.267. The Morgan fingerprint density at radius 1 is 1.16 bits per heavy atom. The fraction of sp³-hybridized carbons (Fsp3) is 0.632. The van der Waals surface area contributed by atoms with Gasteiger partial charge in [0.25, 0.3) is 0 Å². The van der Waals surface area contributed by atoms with Gasteiger partial charge in [0.1, 0.15) is 5.60 Å². The van der Waals surface area contributed by atoms with Gasteiger partial charge < -0.3 is 9.64 Å². The van der Waals surface area contributed by atoms with Crippen LogP contribution in [0.3, 0.4) is 0 Å². The van der Waals surface area contributed by atoms with Crippen LogP contribution in [0.25, 0.3) is 0 Å². The highest BCUT2D eigenvalue weighted by molar-refractivity contribution is 5.69. The van der Waals surface area contributed by atoms with E-state index in [0.29, 0.717) is 13.1 Å². The summed E-state index contributed by atoms with van der Waals surface area (Å²) in [5, 5.41) is 0. The summed E-state index contributed by atoms with van der Waals surface area (Å²) in [6.07, 6.45) is -1.71. The minimum absolute atomic E-state index is 0.101. The first-order valence-electron chi connectivity index (χ1n) is 8.63. The number of amides is 1. The first-order valence-corrected chi connectivity index (χ1v) is 8.63. The van der Waals surface area contributed by atoms with Crippen LogP contribution in [0.1, 0.15) is 57.1 Å². The van der Waals surface area contributed by atoms with Gasteiger partial charge in [0.2, 0.25) is 0 Å². The molecule has 3 nitrogen and oxygen atoms in total. The zero-order valence-electron chi connectivity index (χ0n) is 14.8. The van der Waals surface area contributed by atoms with Crippen molar-refractivity contribution in [3.05, 3.63) is 35.4 Å². The van der Waals surface area contributed by atoms with Gasteiger partial charge in [0, 0.05) is 18.5 Å². The summed E-state index contributed by atoms with van der Waals surface area (Å²) in [5.41, 5.74) is -0.0490. The molecule has 1 aliphatic carbocycles. The molecule has 138 valence electrons. The topological polar surface area (TPSA) is 29.5 Å². The normalized spacial score (nSPS) is 22.8.